The second-order valence-electron chi connectivity index (χ2n) is 3.86. The first-order valence-corrected chi connectivity index (χ1v) is 5.81. The normalized spacial score (nSPS) is 25.9. The van der Waals surface area contributed by atoms with Gasteiger partial charge in [0.25, 0.3) is 0 Å². The smallest absolute Gasteiger partial charge is 0.106 e. The highest BCUT2D eigenvalue weighted by Gasteiger charge is 2.34. The molecule has 3 heteroatoms. The van der Waals surface area contributed by atoms with E-state index in [1.165, 1.54) is 0 Å². The van der Waals surface area contributed by atoms with E-state index in [-0.39, 0.29) is 0 Å². The van der Waals surface area contributed by atoms with Gasteiger partial charge in [0.2, 0.25) is 0 Å². The summed E-state index contributed by atoms with van der Waals surface area (Å²) in [5, 5.41) is 9.34. The van der Waals surface area contributed by atoms with Gasteiger partial charge >= 0.3 is 0 Å². The number of halogens is 1. The Kier molecular flexibility index (Phi) is 3.08. The molecule has 1 aromatic rings. The first-order valence-electron chi connectivity index (χ1n) is 5.02. The summed E-state index contributed by atoms with van der Waals surface area (Å²) in [6.45, 7) is 1.29. The Morgan fingerprint density at radius 3 is 2.93 bits per heavy atom. The average molecular weight is 266 g/mol. The maximum atomic E-state index is 9.34. The van der Waals surface area contributed by atoms with Gasteiger partial charge in [0, 0.05) is 11.1 Å². The Hall–Kier alpha value is -0.850. The van der Waals surface area contributed by atoms with E-state index in [9.17, 15) is 5.26 Å². The standard InChI is InChI=1S/C12H12BrNO/c13-11-4-1-3-10(7-11)12(8-14)5-2-6-15-9-12/h1,3-4,7H,2,5-6,9H2/t12-/m1/s1. The Morgan fingerprint density at radius 1 is 1.47 bits per heavy atom. The molecule has 1 heterocycles. The molecule has 2 rings (SSSR count). The summed E-state index contributed by atoms with van der Waals surface area (Å²) in [6.07, 6.45) is 1.85. The lowest BCUT2D eigenvalue weighted by molar-refractivity contribution is 0.0563. The highest BCUT2D eigenvalue weighted by atomic mass is 79.9. The van der Waals surface area contributed by atoms with Gasteiger partial charge in [0.1, 0.15) is 5.41 Å². The molecule has 1 aromatic carbocycles. The molecule has 0 bridgehead atoms. The van der Waals surface area contributed by atoms with E-state index in [0.29, 0.717) is 6.61 Å². The number of hydrogen-bond acceptors (Lipinski definition) is 2. The van der Waals surface area contributed by atoms with Crippen molar-refractivity contribution in [3.8, 4) is 6.07 Å². The number of hydrogen-bond donors (Lipinski definition) is 0. The van der Waals surface area contributed by atoms with Crippen molar-refractivity contribution in [2.75, 3.05) is 13.2 Å². The number of ether oxygens (including phenoxy) is 1. The van der Waals surface area contributed by atoms with Crippen LogP contribution in [0.3, 0.4) is 0 Å². The van der Waals surface area contributed by atoms with Gasteiger partial charge in [-0.25, -0.2) is 0 Å². The van der Waals surface area contributed by atoms with Crippen LogP contribution in [0, 0.1) is 11.3 Å². The van der Waals surface area contributed by atoms with Crippen molar-refractivity contribution < 1.29 is 4.74 Å². The first kappa shape index (κ1) is 10.7. The predicted molar refractivity (Wildman–Crippen MR) is 61.5 cm³/mol. The lowest BCUT2D eigenvalue weighted by Crippen LogP contribution is -2.34. The first-order chi connectivity index (χ1) is 7.27. The molecule has 1 saturated heterocycles. The van der Waals surface area contributed by atoms with Crippen LogP contribution in [0.2, 0.25) is 0 Å². The van der Waals surface area contributed by atoms with Gasteiger partial charge in [0.05, 0.1) is 12.7 Å². The topological polar surface area (TPSA) is 33.0 Å². The number of benzene rings is 1. The Balaban J connectivity index is 2.37. The molecular weight excluding hydrogens is 254 g/mol. The minimum absolute atomic E-state index is 0.442. The average Bonchev–Trinajstić information content (AvgIpc) is 2.30. The molecule has 15 heavy (non-hydrogen) atoms. The van der Waals surface area contributed by atoms with E-state index < -0.39 is 5.41 Å². The van der Waals surface area contributed by atoms with E-state index in [4.69, 9.17) is 4.74 Å². The third-order valence-electron chi connectivity index (χ3n) is 2.83. The van der Waals surface area contributed by atoms with Crippen LogP contribution >= 0.6 is 15.9 Å². The molecule has 0 spiro atoms. The van der Waals surface area contributed by atoms with Gasteiger partial charge in [-0.1, -0.05) is 28.1 Å². The maximum Gasteiger partial charge on any atom is 0.106 e. The van der Waals surface area contributed by atoms with Crippen LogP contribution in [0.15, 0.2) is 28.7 Å². The Morgan fingerprint density at radius 2 is 2.33 bits per heavy atom. The van der Waals surface area contributed by atoms with Gasteiger partial charge < -0.3 is 4.74 Å². The largest absolute Gasteiger partial charge is 0.379 e. The zero-order chi connectivity index (χ0) is 10.7. The van der Waals surface area contributed by atoms with Crippen LogP contribution in [0.25, 0.3) is 0 Å². The molecule has 0 aromatic heterocycles. The van der Waals surface area contributed by atoms with E-state index in [0.717, 1.165) is 29.5 Å². The zero-order valence-corrected chi connectivity index (χ0v) is 9.96. The molecule has 2 nitrogen and oxygen atoms in total. The summed E-state index contributed by atoms with van der Waals surface area (Å²) >= 11 is 3.43. The van der Waals surface area contributed by atoms with Crippen molar-refractivity contribution in [2.45, 2.75) is 18.3 Å². The molecule has 78 valence electrons. The highest BCUT2D eigenvalue weighted by molar-refractivity contribution is 9.10. The SMILES string of the molecule is N#C[C@]1(c2cccc(Br)c2)CCCOC1. The monoisotopic (exact) mass is 265 g/mol. The predicted octanol–water partition coefficient (Wildman–Crippen LogP) is 3.02. The number of rotatable bonds is 1. The van der Waals surface area contributed by atoms with Crippen molar-refractivity contribution in [3.63, 3.8) is 0 Å². The molecule has 1 aliphatic heterocycles. The van der Waals surface area contributed by atoms with Gasteiger partial charge in [-0.05, 0) is 30.5 Å². The third kappa shape index (κ3) is 2.06. The lowest BCUT2D eigenvalue weighted by atomic mass is 9.78. The number of nitrogens with zero attached hydrogens (tertiary/aromatic N) is 1. The molecule has 0 N–H and O–H groups in total. The molecule has 1 atom stereocenters. The highest BCUT2D eigenvalue weighted by Crippen LogP contribution is 2.33. The third-order valence-corrected chi connectivity index (χ3v) is 3.33. The minimum Gasteiger partial charge on any atom is -0.379 e. The summed E-state index contributed by atoms with van der Waals surface area (Å²) in [7, 11) is 0. The van der Waals surface area contributed by atoms with Gasteiger partial charge in [-0.3, -0.25) is 0 Å². The van der Waals surface area contributed by atoms with Crippen LogP contribution in [-0.2, 0) is 10.2 Å². The Labute approximate surface area is 98.0 Å². The molecule has 0 aliphatic carbocycles. The van der Waals surface area contributed by atoms with Gasteiger partial charge in [0.15, 0.2) is 0 Å². The molecule has 1 aliphatic rings. The zero-order valence-electron chi connectivity index (χ0n) is 8.37. The van der Waals surface area contributed by atoms with E-state index in [1.807, 2.05) is 24.3 Å². The van der Waals surface area contributed by atoms with Crippen LogP contribution in [-0.4, -0.2) is 13.2 Å². The maximum absolute atomic E-state index is 9.34. The molecular formula is C12H12BrNO. The Bertz CT molecular complexity index is 391. The van der Waals surface area contributed by atoms with E-state index in [1.54, 1.807) is 0 Å². The summed E-state index contributed by atoms with van der Waals surface area (Å²) in [6, 6.07) is 10.4. The van der Waals surface area contributed by atoms with Crippen LogP contribution in [0.1, 0.15) is 18.4 Å². The van der Waals surface area contributed by atoms with Crippen molar-refractivity contribution in [3.05, 3.63) is 34.3 Å². The molecule has 0 unspecified atom stereocenters. The molecule has 0 amide bonds. The molecule has 1 fully saturated rings. The quantitative estimate of drug-likeness (QED) is 0.782. The fraction of sp³-hybridized carbons (Fsp3) is 0.417. The summed E-state index contributed by atoms with van der Waals surface area (Å²) in [5.74, 6) is 0. The second-order valence-corrected chi connectivity index (χ2v) is 4.78. The summed E-state index contributed by atoms with van der Waals surface area (Å²) in [4.78, 5) is 0. The summed E-state index contributed by atoms with van der Waals surface area (Å²) < 4.78 is 6.45. The molecule has 0 saturated carbocycles. The summed E-state index contributed by atoms with van der Waals surface area (Å²) in [5.41, 5.74) is 0.612. The fourth-order valence-electron chi connectivity index (χ4n) is 1.96. The van der Waals surface area contributed by atoms with Crippen molar-refractivity contribution in [1.29, 1.82) is 5.26 Å². The van der Waals surface area contributed by atoms with Crippen molar-refractivity contribution >= 4 is 15.9 Å². The fourth-order valence-corrected chi connectivity index (χ4v) is 2.36. The van der Waals surface area contributed by atoms with Crippen LogP contribution < -0.4 is 0 Å². The number of nitriles is 1. The van der Waals surface area contributed by atoms with Crippen molar-refractivity contribution in [1.82, 2.24) is 0 Å². The van der Waals surface area contributed by atoms with Crippen LogP contribution in [0.5, 0.6) is 0 Å². The van der Waals surface area contributed by atoms with E-state index >= 15 is 0 Å². The second kappa shape index (κ2) is 4.34. The van der Waals surface area contributed by atoms with Gasteiger partial charge in [-0.2, -0.15) is 5.26 Å². The van der Waals surface area contributed by atoms with Crippen molar-refractivity contribution in [2.24, 2.45) is 0 Å². The molecule has 0 radical (unpaired) electrons. The van der Waals surface area contributed by atoms with Crippen LogP contribution in [0.4, 0.5) is 0 Å². The minimum atomic E-state index is -0.442. The van der Waals surface area contributed by atoms with Gasteiger partial charge in [-0.15, -0.1) is 0 Å². The lowest BCUT2D eigenvalue weighted by Gasteiger charge is -2.31. The van der Waals surface area contributed by atoms with E-state index in [2.05, 4.69) is 22.0 Å².